The van der Waals surface area contributed by atoms with E-state index in [4.69, 9.17) is 11.6 Å². The van der Waals surface area contributed by atoms with Gasteiger partial charge in [0.25, 0.3) is 0 Å². The number of rotatable bonds is 4. The quantitative estimate of drug-likeness (QED) is 0.877. The van der Waals surface area contributed by atoms with E-state index in [-0.39, 0.29) is 36.6 Å². The van der Waals surface area contributed by atoms with Gasteiger partial charge in [-0.25, -0.2) is 0 Å². The molecule has 1 aromatic carbocycles. The normalized spacial score (nSPS) is 16.9. The third kappa shape index (κ3) is 4.68. The highest BCUT2D eigenvalue weighted by molar-refractivity contribution is 6.32. The summed E-state index contributed by atoms with van der Waals surface area (Å²) in [5.41, 5.74) is 0.964. The van der Waals surface area contributed by atoms with Crippen molar-refractivity contribution < 1.29 is 5.11 Å². The summed E-state index contributed by atoms with van der Waals surface area (Å²) in [5, 5.41) is 14.0. The molecule has 0 spiro atoms. The van der Waals surface area contributed by atoms with Gasteiger partial charge >= 0.3 is 0 Å². The molecule has 116 valence electrons. The lowest BCUT2D eigenvalue weighted by Gasteiger charge is -2.35. The van der Waals surface area contributed by atoms with E-state index in [1.54, 1.807) is 6.07 Å². The molecule has 0 aliphatic carbocycles. The van der Waals surface area contributed by atoms with E-state index >= 15 is 0 Å². The second-order valence-corrected chi connectivity index (χ2v) is 5.18. The molecule has 2 N–H and O–H groups in total. The van der Waals surface area contributed by atoms with Crippen molar-refractivity contribution in [3.05, 3.63) is 28.8 Å². The molecule has 1 aliphatic rings. The van der Waals surface area contributed by atoms with Crippen molar-refractivity contribution >= 4 is 36.4 Å². The Kier molecular flexibility index (Phi) is 9.60. The summed E-state index contributed by atoms with van der Waals surface area (Å²) >= 11 is 6.02. The first kappa shape index (κ1) is 19.8. The number of benzene rings is 1. The number of para-hydroxylation sites is 1. The van der Waals surface area contributed by atoms with Gasteiger partial charge in [0.2, 0.25) is 0 Å². The molecule has 1 heterocycles. The van der Waals surface area contributed by atoms with Crippen molar-refractivity contribution in [2.75, 3.05) is 26.2 Å². The number of phenols is 1. The Morgan fingerprint density at radius 2 is 1.95 bits per heavy atom. The summed E-state index contributed by atoms with van der Waals surface area (Å²) in [6, 6.07) is 5.92. The van der Waals surface area contributed by atoms with E-state index in [0.29, 0.717) is 5.02 Å². The van der Waals surface area contributed by atoms with Gasteiger partial charge in [-0.15, -0.1) is 24.8 Å². The van der Waals surface area contributed by atoms with Crippen LogP contribution in [0, 0.1) is 0 Å². The molecule has 1 atom stereocenters. The number of aromatic hydroxyl groups is 1. The molecule has 1 saturated heterocycles. The number of piperazine rings is 1. The molecular formula is C14H23Cl3N2O. The SMILES string of the molecule is CCC[C@@H](c1cccc(Cl)c1O)N1CCNCC1.Cl.Cl. The lowest BCUT2D eigenvalue weighted by atomic mass is 9.99. The Morgan fingerprint density at radius 3 is 2.55 bits per heavy atom. The zero-order valence-corrected chi connectivity index (χ0v) is 14.0. The van der Waals surface area contributed by atoms with Gasteiger partial charge in [0.05, 0.1) is 5.02 Å². The monoisotopic (exact) mass is 340 g/mol. The molecule has 0 aromatic heterocycles. The molecule has 1 aliphatic heterocycles. The second kappa shape index (κ2) is 9.69. The zero-order valence-electron chi connectivity index (χ0n) is 11.6. The van der Waals surface area contributed by atoms with Crippen molar-refractivity contribution in [2.24, 2.45) is 0 Å². The summed E-state index contributed by atoms with van der Waals surface area (Å²) in [4.78, 5) is 2.44. The van der Waals surface area contributed by atoms with Gasteiger partial charge in [0, 0.05) is 37.8 Å². The van der Waals surface area contributed by atoms with Crippen LogP contribution in [0.5, 0.6) is 5.75 Å². The predicted octanol–water partition coefficient (Wildman–Crippen LogP) is 3.64. The number of nitrogens with zero attached hydrogens (tertiary/aromatic N) is 1. The van der Waals surface area contributed by atoms with E-state index in [2.05, 4.69) is 17.1 Å². The van der Waals surface area contributed by atoms with Crippen molar-refractivity contribution in [1.29, 1.82) is 0 Å². The Morgan fingerprint density at radius 1 is 1.30 bits per heavy atom. The number of phenolic OH excluding ortho intramolecular Hbond substituents is 1. The van der Waals surface area contributed by atoms with Gasteiger partial charge in [-0.2, -0.15) is 0 Å². The van der Waals surface area contributed by atoms with E-state index < -0.39 is 0 Å². The van der Waals surface area contributed by atoms with E-state index in [0.717, 1.165) is 44.6 Å². The Bertz CT molecular complexity index is 398. The topological polar surface area (TPSA) is 35.5 Å². The number of hydrogen-bond donors (Lipinski definition) is 2. The van der Waals surface area contributed by atoms with Crippen LogP contribution in [-0.2, 0) is 0 Å². The summed E-state index contributed by atoms with van der Waals surface area (Å²) < 4.78 is 0. The fraction of sp³-hybridized carbons (Fsp3) is 0.571. The van der Waals surface area contributed by atoms with Crippen molar-refractivity contribution in [3.8, 4) is 5.75 Å². The van der Waals surface area contributed by atoms with Crippen LogP contribution in [-0.4, -0.2) is 36.2 Å². The van der Waals surface area contributed by atoms with Crippen LogP contribution in [0.3, 0.4) is 0 Å². The molecule has 0 bridgehead atoms. The zero-order chi connectivity index (χ0) is 13.0. The lowest BCUT2D eigenvalue weighted by Crippen LogP contribution is -2.45. The number of halogens is 3. The minimum Gasteiger partial charge on any atom is -0.506 e. The van der Waals surface area contributed by atoms with Crippen LogP contribution >= 0.6 is 36.4 Å². The molecule has 0 unspecified atom stereocenters. The molecule has 2 rings (SSSR count). The summed E-state index contributed by atoms with van der Waals surface area (Å²) in [5.74, 6) is 0.246. The molecule has 20 heavy (non-hydrogen) atoms. The van der Waals surface area contributed by atoms with Crippen molar-refractivity contribution in [1.82, 2.24) is 10.2 Å². The molecule has 1 fully saturated rings. The van der Waals surface area contributed by atoms with Gasteiger partial charge in [0.15, 0.2) is 0 Å². The first-order chi connectivity index (χ1) is 8.74. The standard InChI is InChI=1S/C14H21ClN2O.2ClH/c1-2-4-13(17-9-7-16-8-10-17)11-5-3-6-12(15)14(11)18;;/h3,5-6,13,16,18H,2,4,7-10H2,1H3;2*1H/t13-;;/m0../s1. The average Bonchev–Trinajstić information content (AvgIpc) is 2.41. The minimum atomic E-state index is 0. The average molecular weight is 342 g/mol. The van der Waals surface area contributed by atoms with Crippen molar-refractivity contribution in [3.63, 3.8) is 0 Å². The van der Waals surface area contributed by atoms with E-state index in [9.17, 15) is 5.11 Å². The van der Waals surface area contributed by atoms with Crippen LogP contribution in [0.4, 0.5) is 0 Å². The molecule has 6 heteroatoms. The fourth-order valence-electron chi connectivity index (χ4n) is 2.60. The van der Waals surface area contributed by atoms with E-state index in [1.165, 1.54) is 0 Å². The highest BCUT2D eigenvalue weighted by Gasteiger charge is 2.24. The molecule has 3 nitrogen and oxygen atoms in total. The largest absolute Gasteiger partial charge is 0.506 e. The van der Waals surface area contributed by atoms with E-state index in [1.807, 2.05) is 12.1 Å². The van der Waals surface area contributed by atoms with Crippen LogP contribution in [0.15, 0.2) is 18.2 Å². The van der Waals surface area contributed by atoms with Crippen molar-refractivity contribution in [2.45, 2.75) is 25.8 Å². The third-order valence-corrected chi connectivity index (χ3v) is 3.84. The Hall–Kier alpha value is -0.190. The summed E-state index contributed by atoms with van der Waals surface area (Å²) in [6.45, 7) is 6.26. The molecule has 1 aromatic rings. The van der Waals surface area contributed by atoms with Crippen LogP contribution in [0.1, 0.15) is 31.4 Å². The van der Waals surface area contributed by atoms with Gasteiger partial charge in [0.1, 0.15) is 5.75 Å². The number of nitrogens with one attached hydrogen (secondary N) is 1. The Balaban J connectivity index is 0.00000180. The number of hydrogen-bond acceptors (Lipinski definition) is 3. The highest BCUT2D eigenvalue weighted by atomic mass is 35.5. The van der Waals surface area contributed by atoms with Crippen LogP contribution in [0.2, 0.25) is 5.02 Å². The summed E-state index contributed by atoms with van der Waals surface area (Å²) in [7, 11) is 0. The maximum Gasteiger partial charge on any atom is 0.138 e. The first-order valence-corrected chi connectivity index (χ1v) is 7.04. The predicted molar refractivity (Wildman–Crippen MR) is 89.7 cm³/mol. The Labute approximate surface area is 138 Å². The third-order valence-electron chi connectivity index (χ3n) is 3.53. The van der Waals surface area contributed by atoms with Gasteiger partial charge < -0.3 is 10.4 Å². The minimum absolute atomic E-state index is 0. The molecule has 0 amide bonds. The van der Waals surface area contributed by atoms with Crippen LogP contribution < -0.4 is 5.32 Å². The van der Waals surface area contributed by atoms with Gasteiger partial charge in [-0.3, -0.25) is 4.90 Å². The fourth-order valence-corrected chi connectivity index (χ4v) is 2.78. The molecule has 0 saturated carbocycles. The first-order valence-electron chi connectivity index (χ1n) is 6.66. The van der Waals surface area contributed by atoms with Gasteiger partial charge in [-0.05, 0) is 12.5 Å². The highest BCUT2D eigenvalue weighted by Crippen LogP contribution is 2.36. The van der Waals surface area contributed by atoms with Crippen LogP contribution in [0.25, 0.3) is 0 Å². The maximum atomic E-state index is 10.2. The summed E-state index contributed by atoms with van der Waals surface area (Å²) in [6.07, 6.45) is 2.15. The molecular weight excluding hydrogens is 319 g/mol. The molecule has 0 radical (unpaired) electrons. The maximum absolute atomic E-state index is 10.2. The lowest BCUT2D eigenvalue weighted by molar-refractivity contribution is 0.162. The second-order valence-electron chi connectivity index (χ2n) is 4.77. The smallest absolute Gasteiger partial charge is 0.138 e. The van der Waals surface area contributed by atoms with Gasteiger partial charge in [-0.1, -0.05) is 37.1 Å².